The molecule has 2 N–H and O–H groups in total. The number of piperidine rings is 1. The van der Waals surface area contributed by atoms with Crippen LogP contribution >= 0.6 is 23.2 Å². The van der Waals surface area contributed by atoms with Crippen molar-refractivity contribution in [3.8, 4) is 0 Å². The van der Waals surface area contributed by atoms with E-state index in [0.717, 1.165) is 67.0 Å². The van der Waals surface area contributed by atoms with E-state index >= 15 is 0 Å². The van der Waals surface area contributed by atoms with Crippen LogP contribution in [0.3, 0.4) is 0 Å². The Balaban J connectivity index is 1.16. The fourth-order valence-corrected chi connectivity index (χ4v) is 5.96. The molecule has 9 nitrogen and oxygen atoms in total. The van der Waals surface area contributed by atoms with Crippen LogP contribution in [0.4, 0.5) is 21.6 Å². The molecule has 0 aliphatic carbocycles. The summed E-state index contributed by atoms with van der Waals surface area (Å²) in [4.78, 5) is 11.4. The van der Waals surface area contributed by atoms with Crippen molar-refractivity contribution in [1.82, 2.24) is 29.9 Å². The summed E-state index contributed by atoms with van der Waals surface area (Å²) in [6.07, 6.45) is 5.59. The standard InChI is InChI=1S/C31H29Cl2FN8O/c32-20-3-1-19(2-4-20)30(29-15-42(40-39-29)23-9-11-41(12-10-23)24-16-43-17-24)37-21-6-8-28-25(13-21)31(36-18-35-28)38-22-5-7-27(34)26(33)14-22/h1-8,13-15,18,23-24,30,37H,9-12,16-17H2,(H,35,36,38). The average molecular weight is 620 g/mol. The summed E-state index contributed by atoms with van der Waals surface area (Å²) >= 11 is 12.2. The minimum atomic E-state index is -0.481. The summed E-state index contributed by atoms with van der Waals surface area (Å²) in [6, 6.07) is 18.7. The molecule has 12 heteroatoms. The normalized spacial score (nSPS) is 17.1. The molecule has 4 heterocycles. The van der Waals surface area contributed by atoms with Gasteiger partial charge in [-0.2, -0.15) is 0 Å². The van der Waals surface area contributed by atoms with Crippen molar-refractivity contribution in [1.29, 1.82) is 0 Å². The predicted molar refractivity (Wildman–Crippen MR) is 166 cm³/mol. The molecule has 7 rings (SSSR count). The number of benzene rings is 3. The van der Waals surface area contributed by atoms with Gasteiger partial charge >= 0.3 is 0 Å². The molecule has 0 saturated carbocycles. The number of nitrogens with one attached hydrogen (secondary N) is 2. The molecule has 0 bridgehead atoms. The molecule has 2 aliphatic heterocycles. The predicted octanol–water partition coefficient (Wildman–Crippen LogP) is 6.65. The van der Waals surface area contributed by atoms with Gasteiger partial charge in [0.2, 0.25) is 0 Å². The fourth-order valence-electron chi connectivity index (χ4n) is 5.66. The zero-order chi connectivity index (χ0) is 29.3. The molecule has 1 unspecified atom stereocenters. The molecule has 1 atom stereocenters. The molecule has 3 aromatic carbocycles. The number of hydrogen-bond acceptors (Lipinski definition) is 8. The Kier molecular flexibility index (Phi) is 7.83. The molecular weight excluding hydrogens is 590 g/mol. The number of fused-ring (bicyclic) bond motifs is 1. The van der Waals surface area contributed by atoms with Crippen molar-refractivity contribution < 1.29 is 9.13 Å². The maximum Gasteiger partial charge on any atom is 0.141 e. The van der Waals surface area contributed by atoms with E-state index in [9.17, 15) is 4.39 Å². The van der Waals surface area contributed by atoms with Crippen molar-refractivity contribution in [2.45, 2.75) is 31.0 Å². The Morgan fingerprint density at radius 1 is 0.907 bits per heavy atom. The number of ether oxygens (including phenoxy) is 1. The Hall–Kier alpha value is -3.83. The number of likely N-dealkylation sites (tertiary alicyclic amines) is 1. The first-order chi connectivity index (χ1) is 21.0. The van der Waals surface area contributed by atoms with E-state index in [-0.39, 0.29) is 11.1 Å². The van der Waals surface area contributed by atoms with Gasteiger partial charge in [0, 0.05) is 34.9 Å². The summed E-state index contributed by atoms with van der Waals surface area (Å²) < 4.78 is 21.1. The maximum absolute atomic E-state index is 13.7. The Morgan fingerprint density at radius 3 is 2.44 bits per heavy atom. The molecule has 5 aromatic rings. The fraction of sp³-hybridized carbons (Fsp3) is 0.290. The van der Waals surface area contributed by atoms with Crippen LogP contribution in [0.2, 0.25) is 10.0 Å². The number of hydrogen-bond donors (Lipinski definition) is 2. The second-order valence-corrected chi connectivity index (χ2v) is 11.8. The molecule has 2 aliphatic rings. The van der Waals surface area contributed by atoms with Gasteiger partial charge < -0.3 is 15.4 Å². The summed E-state index contributed by atoms with van der Waals surface area (Å²) in [5.41, 5.74) is 4.02. The Labute approximate surface area is 258 Å². The van der Waals surface area contributed by atoms with Gasteiger partial charge in [0.1, 0.15) is 23.7 Å². The van der Waals surface area contributed by atoms with E-state index < -0.39 is 5.82 Å². The van der Waals surface area contributed by atoms with E-state index in [1.807, 2.05) is 47.1 Å². The molecule has 2 saturated heterocycles. The average Bonchev–Trinajstić information content (AvgIpc) is 3.48. The van der Waals surface area contributed by atoms with Gasteiger partial charge in [-0.3, -0.25) is 4.90 Å². The number of rotatable bonds is 8. The first kappa shape index (κ1) is 28.0. The van der Waals surface area contributed by atoms with Gasteiger partial charge in [-0.15, -0.1) is 5.10 Å². The lowest BCUT2D eigenvalue weighted by Crippen LogP contribution is -2.51. The third kappa shape index (κ3) is 6.01. The summed E-state index contributed by atoms with van der Waals surface area (Å²) in [7, 11) is 0. The third-order valence-electron chi connectivity index (χ3n) is 8.17. The minimum Gasteiger partial charge on any atom is -0.378 e. The third-order valence-corrected chi connectivity index (χ3v) is 8.71. The van der Waals surface area contributed by atoms with Gasteiger partial charge in [-0.05, 0) is 66.9 Å². The van der Waals surface area contributed by atoms with E-state index in [0.29, 0.717) is 28.6 Å². The molecule has 43 heavy (non-hydrogen) atoms. The number of anilines is 3. The van der Waals surface area contributed by atoms with E-state index in [1.165, 1.54) is 18.5 Å². The topological polar surface area (TPSA) is 93.0 Å². The first-order valence-corrected chi connectivity index (χ1v) is 15.0. The maximum atomic E-state index is 13.7. The summed E-state index contributed by atoms with van der Waals surface area (Å²) in [6.45, 7) is 3.75. The second kappa shape index (κ2) is 12.0. The molecule has 0 spiro atoms. The number of halogens is 3. The Morgan fingerprint density at radius 2 is 1.70 bits per heavy atom. The summed E-state index contributed by atoms with van der Waals surface area (Å²) in [5.74, 6) is 0.0933. The molecule has 220 valence electrons. The monoisotopic (exact) mass is 618 g/mol. The van der Waals surface area contributed by atoms with Crippen LogP contribution in [0.5, 0.6) is 0 Å². The number of nitrogens with zero attached hydrogens (tertiary/aromatic N) is 6. The zero-order valence-electron chi connectivity index (χ0n) is 23.1. The van der Waals surface area contributed by atoms with Crippen molar-refractivity contribution >= 4 is 51.3 Å². The molecular formula is C31H29Cl2FN8O. The summed E-state index contributed by atoms with van der Waals surface area (Å²) in [5, 5.41) is 17.6. The lowest BCUT2D eigenvalue weighted by Gasteiger charge is -2.41. The first-order valence-electron chi connectivity index (χ1n) is 14.2. The number of aromatic nitrogens is 5. The minimum absolute atomic E-state index is 0.0306. The Bertz CT molecular complexity index is 1740. The molecule has 2 fully saturated rings. The van der Waals surface area contributed by atoms with Gasteiger partial charge in [0.15, 0.2) is 0 Å². The van der Waals surface area contributed by atoms with Crippen molar-refractivity contribution in [2.75, 3.05) is 36.9 Å². The van der Waals surface area contributed by atoms with E-state index in [2.05, 4.69) is 42.0 Å². The van der Waals surface area contributed by atoms with Gasteiger partial charge in [0.25, 0.3) is 0 Å². The second-order valence-electron chi connectivity index (χ2n) is 10.9. The SMILES string of the molecule is Fc1ccc(Nc2ncnc3ccc(NC(c4ccc(Cl)cc4)c4cn(C5CCN(C6COC6)CC5)nn4)cc23)cc1Cl. The highest BCUT2D eigenvalue weighted by molar-refractivity contribution is 6.31. The van der Waals surface area contributed by atoms with Crippen LogP contribution in [0.25, 0.3) is 10.9 Å². The van der Waals surface area contributed by atoms with Crippen LogP contribution in [-0.2, 0) is 4.74 Å². The highest BCUT2D eigenvalue weighted by Crippen LogP contribution is 2.32. The largest absolute Gasteiger partial charge is 0.378 e. The van der Waals surface area contributed by atoms with Crippen LogP contribution in [0, 0.1) is 5.82 Å². The zero-order valence-corrected chi connectivity index (χ0v) is 24.6. The van der Waals surface area contributed by atoms with Crippen molar-refractivity contribution in [2.24, 2.45) is 0 Å². The molecule has 2 aromatic heterocycles. The van der Waals surface area contributed by atoms with Crippen LogP contribution < -0.4 is 10.6 Å². The van der Waals surface area contributed by atoms with E-state index in [1.54, 1.807) is 6.07 Å². The quantitative estimate of drug-likeness (QED) is 0.200. The van der Waals surface area contributed by atoms with Gasteiger partial charge in [-0.25, -0.2) is 19.0 Å². The van der Waals surface area contributed by atoms with Gasteiger partial charge in [0.05, 0.1) is 48.1 Å². The lowest BCUT2D eigenvalue weighted by atomic mass is 10.0. The van der Waals surface area contributed by atoms with Crippen molar-refractivity contribution in [3.63, 3.8) is 0 Å². The lowest BCUT2D eigenvalue weighted by molar-refractivity contribution is -0.0734. The van der Waals surface area contributed by atoms with Crippen LogP contribution in [-0.4, -0.2) is 62.2 Å². The van der Waals surface area contributed by atoms with Gasteiger partial charge in [-0.1, -0.05) is 40.5 Å². The smallest absolute Gasteiger partial charge is 0.141 e. The van der Waals surface area contributed by atoms with Crippen LogP contribution in [0.15, 0.2) is 73.2 Å². The highest BCUT2D eigenvalue weighted by Gasteiger charge is 2.31. The van der Waals surface area contributed by atoms with E-state index in [4.69, 9.17) is 27.9 Å². The van der Waals surface area contributed by atoms with Crippen molar-refractivity contribution in [3.05, 3.63) is 100 Å². The molecule has 0 radical (unpaired) electrons. The molecule has 0 amide bonds. The van der Waals surface area contributed by atoms with Crippen LogP contribution in [0.1, 0.15) is 36.2 Å². The highest BCUT2D eigenvalue weighted by atomic mass is 35.5.